The summed E-state index contributed by atoms with van der Waals surface area (Å²) in [6, 6.07) is 14.4. The van der Waals surface area contributed by atoms with Crippen molar-refractivity contribution in [2.45, 2.75) is 37.0 Å². The molecule has 0 amide bonds. The number of hydrogen-bond acceptors (Lipinski definition) is 6. The highest BCUT2D eigenvalue weighted by Crippen LogP contribution is 2.42. The number of aliphatic hydroxyl groups is 2. The number of rotatable bonds is 5. The van der Waals surface area contributed by atoms with E-state index in [0.29, 0.717) is 21.2 Å². The molecule has 0 radical (unpaired) electrons. The highest BCUT2D eigenvalue weighted by Gasteiger charge is 2.50. The third kappa shape index (κ3) is 3.79. The molecule has 2 aliphatic heterocycles. The Morgan fingerprint density at radius 3 is 1.39 bits per heavy atom. The van der Waals surface area contributed by atoms with E-state index < -0.39 is 37.0 Å². The van der Waals surface area contributed by atoms with Gasteiger partial charge in [-0.05, 0) is 12.1 Å². The van der Waals surface area contributed by atoms with Gasteiger partial charge in [0.25, 0.3) is 0 Å². The topological polar surface area (TPSA) is 77.4 Å². The van der Waals surface area contributed by atoms with Crippen LogP contribution in [0.1, 0.15) is 23.7 Å². The van der Waals surface area contributed by atoms with Crippen molar-refractivity contribution < 1.29 is 29.2 Å². The second-order valence-corrected chi connectivity index (χ2v) is 7.44. The molecule has 6 atom stereocenters. The van der Waals surface area contributed by atoms with Gasteiger partial charge in [-0.3, -0.25) is 0 Å². The Balaban J connectivity index is 1.56. The molecule has 2 aliphatic rings. The van der Waals surface area contributed by atoms with Crippen LogP contribution in [0.3, 0.4) is 0 Å². The van der Waals surface area contributed by atoms with E-state index in [9.17, 15) is 10.2 Å². The Labute approximate surface area is 172 Å². The average Bonchev–Trinajstić information content (AvgIpc) is 3.32. The maximum Gasteiger partial charge on any atom is 0.186 e. The van der Waals surface area contributed by atoms with E-state index in [1.807, 2.05) is 24.3 Å². The van der Waals surface area contributed by atoms with Gasteiger partial charge in [-0.15, -0.1) is 0 Å². The normalized spacial score (nSPS) is 32.7. The standard InChI is InChI=1S/C20H20Cl2O6/c21-13-7-3-1-5-11(13)19-25-15(9-23)17(27-19)18-16(10-24)26-20(28-18)12-6-2-4-8-14(12)22/h1-8,15-20,23-24H,9-10H2/t15-,16+,17-,18-,19?,20?/m1/s1. The molecule has 6 nitrogen and oxygen atoms in total. The summed E-state index contributed by atoms with van der Waals surface area (Å²) in [5.41, 5.74) is 1.32. The van der Waals surface area contributed by atoms with Crippen LogP contribution in [0.4, 0.5) is 0 Å². The van der Waals surface area contributed by atoms with Crippen LogP contribution < -0.4 is 0 Å². The van der Waals surface area contributed by atoms with Crippen LogP contribution in [0, 0.1) is 0 Å². The summed E-state index contributed by atoms with van der Waals surface area (Å²) in [5.74, 6) is 0. The van der Waals surface area contributed by atoms with E-state index in [1.165, 1.54) is 0 Å². The first-order valence-electron chi connectivity index (χ1n) is 8.94. The van der Waals surface area contributed by atoms with Crippen LogP contribution in [0.5, 0.6) is 0 Å². The first-order valence-corrected chi connectivity index (χ1v) is 9.70. The Hall–Kier alpha value is -1.22. The predicted molar refractivity (Wildman–Crippen MR) is 102 cm³/mol. The average molecular weight is 427 g/mol. The maximum atomic E-state index is 9.80. The summed E-state index contributed by atoms with van der Waals surface area (Å²) < 4.78 is 23.8. The highest BCUT2D eigenvalue weighted by molar-refractivity contribution is 6.31. The smallest absolute Gasteiger partial charge is 0.186 e. The molecule has 2 aromatic carbocycles. The van der Waals surface area contributed by atoms with Crippen LogP contribution in [-0.4, -0.2) is 47.8 Å². The van der Waals surface area contributed by atoms with Gasteiger partial charge in [0.15, 0.2) is 12.6 Å². The Bertz CT molecular complexity index is 751. The molecule has 8 heteroatoms. The largest absolute Gasteiger partial charge is 0.394 e. The third-order valence-corrected chi connectivity index (χ3v) is 5.58. The van der Waals surface area contributed by atoms with E-state index >= 15 is 0 Å². The van der Waals surface area contributed by atoms with E-state index in [4.69, 9.17) is 42.1 Å². The molecule has 0 aromatic heterocycles. The number of halogens is 2. The lowest BCUT2D eigenvalue weighted by Crippen LogP contribution is -2.44. The lowest BCUT2D eigenvalue weighted by Gasteiger charge is -2.23. The Kier molecular flexibility index (Phi) is 6.20. The summed E-state index contributed by atoms with van der Waals surface area (Å²) in [5, 5.41) is 20.6. The quantitative estimate of drug-likeness (QED) is 0.763. The first-order chi connectivity index (χ1) is 13.6. The van der Waals surface area contributed by atoms with Crippen molar-refractivity contribution in [1.82, 2.24) is 0 Å². The molecule has 4 rings (SSSR count). The molecule has 28 heavy (non-hydrogen) atoms. The van der Waals surface area contributed by atoms with Gasteiger partial charge in [0, 0.05) is 21.2 Å². The van der Waals surface area contributed by atoms with Crippen molar-refractivity contribution in [3.8, 4) is 0 Å². The molecule has 2 fully saturated rings. The zero-order chi connectivity index (χ0) is 19.7. The van der Waals surface area contributed by atoms with Crippen LogP contribution in [-0.2, 0) is 18.9 Å². The summed E-state index contributed by atoms with van der Waals surface area (Å²) in [6.07, 6.45) is -4.13. The third-order valence-electron chi connectivity index (χ3n) is 4.89. The van der Waals surface area contributed by atoms with Crippen molar-refractivity contribution in [2.24, 2.45) is 0 Å². The van der Waals surface area contributed by atoms with Crippen LogP contribution in [0.25, 0.3) is 0 Å². The summed E-state index contributed by atoms with van der Waals surface area (Å²) in [4.78, 5) is 0. The molecule has 2 heterocycles. The summed E-state index contributed by atoms with van der Waals surface area (Å²) in [6.45, 7) is -0.555. The lowest BCUT2D eigenvalue weighted by molar-refractivity contribution is -0.107. The first kappa shape index (κ1) is 20.1. The van der Waals surface area contributed by atoms with E-state index in [2.05, 4.69) is 0 Å². The number of ether oxygens (including phenoxy) is 4. The van der Waals surface area contributed by atoms with Gasteiger partial charge in [-0.1, -0.05) is 59.6 Å². The fourth-order valence-corrected chi connectivity index (χ4v) is 3.94. The van der Waals surface area contributed by atoms with E-state index in [1.54, 1.807) is 24.3 Å². The highest BCUT2D eigenvalue weighted by atomic mass is 35.5. The van der Waals surface area contributed by atoms with Gasteiger partial charge < -0.3 is 29.2 Å². The lowest BCUT2D eigenvalue weighted by atomic mass is 10.0. The van der Waals surface area contributed by atoms with Crippen molar-refractivity contribution in [3.63, 3.8) is 0 Å². The van der Waals surface area contributed by atoms with Gasteiger partial charge in [0.05, 0.1) is 13.2 Å². The van der Waals surface area contributed by atoms with Crippen molar-refractivity contribution in [3.05, 3.63) is 69.7 Å². The van der Waals surface area contributed by atoms with Gasteiger partial charge in [0.2, 0.25) is 0 Å². The second kappa shape index (κ2) is 8.65. The molecular weight excluding hydrogens is 407 g/mol. The van der Waals surface area contributed by atoms with Crippen LogP contribution >= 0.6 is 23.2 Å². The van der Waals surface area contributed by atoms with Crippen LogP contribution in [0.2, 0.25) is 10.0 Å². The van der Waals surface area contributed by atoms with Gasteiger partial charge in [-0.2, -0.15) is 0 Å². The number of hydrogen-bond donors (Lipinski definition) is 2. The molecular formula is C20H20Cl2O6. The van der Waals surface area contributed by atoms with Gasteiger partial charge >= 0.3 is 0 Å². The molecule has 150 valence electrons. The molecule has 0 spiro atoms. The van der Waals surface area contributed by atoms with Gasteiger partial charge in [0.1, 0.15) is 24.4 Å². The van der Waals surface area contributed by atoms with Crippen molar-refractivity contribution in [1.29, 1.82) is 0 Å². The van der Waals surface area contributed by atoms with Crippen molar-refractivity contribution in [2.75, 3.05) is 13.2 Å². The van der Waals surface area contributed by atoms with Crippen molar-refractivity contribution >= 4 is 23.2 Å². The van der Waals surface area contributed by atoms with Crippen LogP contribution in [0.15, 0.2) is 48.5 Å². The molecule has 0 aliphatic carbocycles. The minimum absolute atomic E-state index is 0.277. The fraction of sp³-hybridized carbons (Fsp3) is 0.400. The predicted octanol–water partition coefficient (Wildman–Crippen LogP) is 3.24. The minimum atomic E-state index is -0.752. The molecule has 2 saturated heterocycles. The Morgan fingerprint density at radius 2 is 1.04 bits per heavy atom. The van der Waals surface area contributed by atoms with Gasteiger partial charge in [-0.25, -0.2) is 0 Å². The molecule has 2 aromatic rings. The zero-order valence-electron chi connectivity index (χ0n) is 14.8. The Morgan fingerprint density at radius 1 is 0.643 bits per heavy atom. The SMILES string of the molecule is OC[C@@H]1OC(c2ccccc2Cl)O[C@H]1[C@@H]1OC(c2ccccc2Cl)O[C@@H]1CO. The molecule has 2 N–H and O–H groups in total. The monoisotopic (exact) mass is 426 g/mol. The zero-order valence-corrected chi connectivity index (χ0v) is 16.3. The summed E-state index contributed by atoms with van der Waals surface area (Å²) in [7, 11) is 0. The minimum Gasteiger partial charge on any atom is -0.394 e. The molecule has 0 saturated carbocycles. The van der Waals surface area contributed by atoms with E-state index in [-0.39, 0.29) is 13.2 Å². The molecule has 0 bridgehead atoms. The fourth-order valence-electron chi connectivity index (χ4n) is 3.49. The number of aliphatic hydroxyl groups excluding tert-OH is 2. The molecule has 2 unspecified atom stereocenters. The van der Waals surface area contributed by atoms with E-state index in [0.717, 1.165) is 0 Å². The second-order valence-electron chi connectivity index (χ2n) is 6.62. The maximum absolute atomic E-state index is 9.80. The number of benzene rings is 2. The summed E-state index contributed by atoms with van der Waals surface area (Å²) >= 11 is 12.5.